The van der Waals surface area contributed by atoms with E-state index in [2.05, 4.69) is 34.4 Å². The van der Waals surface area contributed by atoms with Crippen molar-refractivity contribution in [2.24, 2.45) is 17.8 Å². The van der Waals surface area contributed by atoms with Crippen molar-refractivity contribution >= 4 is 56.9 Å². The fourth-order valence-electron chi connectivity index (χ4n) is 7.72. The van der Waals surface area contributed by atoms with Crippen LogP contribution in [0, 0.1) is 17.8 Å². The van der Waals surface area contributed by atoms with Crippen molar-refractivity contribution in [3.05, 3.63) is 90.5 Å². The van der Waals surface area contributed by atoms with E-state index in [-0.39, 0.29) is 43.3 Å². The van der Waals surface area contributed by atoms with E-state index >= 15 is 0 Å². The van der Waals surface area contributed by atoms with E-state index in [1.165, 1.54) is 9.80 Å². The number of benzene rings is 2. The lowest BCUT2D eigenvalue weighted by Gasteiger charge is -2.41. The number of carbonyl (C=O) groups is 4. The number of esters is 1. The molecule has 0 saturated carbocycles. The summed E-state index contributed by atoms with van der Waals surface area (Å²) in [7, 11) is 0. The number of hydrogen-bond acceptors (Lipinski definition) is 7. The Kier molecular flexibility index (Phi) is 12.2. The average Bonchev–Trinajstić information content (AvgIpc) is 3.72. The summed E-state index contributed by atoms with van der Waals surface area (Å²) in [6.07, 6.45) is 4.03. The molecule has 12 heteroatoms. The fraction of sp³-hybridized carbons (Fsp3) is 0.474. The number of carbonyl (C=O) groups excluding carboxylic acids is 4. The van der Waals surface area contributed by atoms with Crippen molar-refractivity contribution in [3.8, 4) is 0 Å². The van der Waals surface area contributed by atoms with Gasteiger partial charge in [-0.05, 0) is 36.5 Å². The zero-order valence-electron chi connectivity index (χ0n) is 28.4. The maximum atomic E-state index is 15.0. The number of aliphatic hydroxyl groups excluding tert-OH is 1. The Morgan fingerprint density at radius 2 is 1.88 bits per heavy atom. The Hall–Kier alpha value is -3.51. The van der Waals surface area contributed by atoms with E-state index in [1.807, 2.05) is 44.2 Å². The molecule has 2 N–H and O–H groups in total. The minimum atomic E-state index is -1.38. The van der Waals surface area contributed by atoms with E-state index in [0.29, 0.717) is 23.6 Å². The van der Waals surface area contributed by atoms with Gasteiger partial charge in [0.1, 0.15) is 18.2 Å². The van der Waals surface area contributed by atoms with Crippen LogP contribution >= 0.6 is 27.5 Å². The van der Waals surface area contributed by atoms with E-state index in [0.717, 1.165) is 5.56 Å². The third kappa shape index (κ3) is 7.02. The first kappa shape index (κ1) is 37.7. The second kappa shape index (κ2) is 16.2. The van der Waals surface area contributed by atoms with Crippen LogP contribution in [-0.4, -0.2) is 82.1 Å². The number of anilines is 1. The van der Waals surface area contributed by atoms with Crippen LogP contribution in [0.5, 0.6) is 0 Å². The Balaban J connectivity index is 1.54. The molecule has 1 spiro atoms. The molecule has 1 unspecified atom stereocenters. The number of nitrogens with one attached hydrogen (secondary N) is 1. The number of nitrogens with zero attached hydrogens (tertiary/aromatic N) is 2. The SMILES string of the molecule is C=CCCC(=O)OC[C@@H](NC(=O)[C@@H]1[C@H]2O[C@@]3(CC2Br)[C@H](C(=O)N(CC=C)c2ccccc2Cl)N([C@@H](CO)[C@@H](C)CC)C(=O)[C@@H]13)c1ccccc1. The molecule has 10 nitrogen and oxygen atoms in total. The van der Waals surface area contributed by atoms with Gasteiger partial charge in [0.05, 0.1) is 47.3 Å². The highest BCUT2D eigenvalue weighted by atomic mass is 79.9. The number of aliphatic hydroxyl groups is 1. The number of halogens is 2. The van der Waals surface area contributed by atoms with Crippen LogP contribution in [0.4, 0.5) is 5.69 Å². The number of para-hydroxylation sites is 1. The molecule has 0 aliphatic carbocycles. The minimum absolute atomic E-state index is 0.102. The lowest BCUT2D eigenvalue weighted by Crippen LogP contribution is -2.60. The Labute approximate surface area is 306 Å². The zero-order chi connectivity index (χ0) is 36.2. The third-order valence-electron chi connectivity index (χ3n) is 10.3. The summed E-state index contributed by atoms with van der Waals surface area (Å²) in [4.78, 5) is 59.3. The summed E-state index contributed by atoms with van der Waals surface area (Å²) in [6.45, 7) is 11.0. The molecule has 3 aliphatic rings. The van der Waals surface area contributed by atoms with Crippen LogP contribution in [0.3, 0.4) is 0 Å². The van der Waals surface area contributed by atoms with Gasteiger partial charge in [0.2, 0.25) is 11.8 Å². The molecule has 2 aromatic rings. The van der Waals surface area contributed by atoms with Gasteiger partial charge in [0, 0.05) is 17.8 Å². The number of ether oxygens (including phenoxy) is 2. The van der Waals surface area contributed by atoms with E-state index in [4.69, 9.17) is 21.1 Å². The topological polar surface area (TPSA) is 125 Å². The first-order chi connectivity index (χ1) is 24.0. The standard InChI is InChI=1S/C38H45BrClN3O7/c1-5-8-18-30(45)49-22-27(24-14-10-9-11-15-24)41-35(46)31-32-36(47)43(29(21-44)23(4)7-3)34(38(32)20-25(39)33(31)50-38)37(48)42(19-6-2)28-17-13-12-16-26(28)40/h5-6,9-17,23,25,27,29,31-34,44H,1-2,7-8,18-22H2,3-4H3,(H,41,46)/t23-,25?,27+,29-,31-,32+,33-,34-,38+/m0/s1. The molecule has 268 valence electrons. The van der Waals surface area contributed by atoms with Crippen LogP contribution in [0.15, 0.2) is 79.9 Å². The second-order valence-corrected chi connectivity index (χ2v) is 14.8. The fourth-order valence-corrected chi connectivity index (χ4v) is 8.90. The molecule has 9 atom stereocenters. The number of hydrogen-bond donors (Lipinski definition) is 2. The van der Waals surface area contributed by atoms with Gasteiger partial charge in [-0.25, -0.2) is 0 Å². The molecule has 2 aromatic carbocycles. The van der Waals surface area contributed by atoms with Crippen LogP contribution in [0.25, 0.3) is 0 Å². The molecule has 3 saturated heterocycles. The normalized spacial score (nSPS) is 26.9. The molecule has 5 rings (SSSR count). The van der Waals surface area contributed by atoms with E-state index in [9.17, 15) is 24.3 Å². The molecule has 50 heavy (non-hydrogen) atoms. The lowest BCUT2D eigenvalue weighted by molar-refractivity contribution is -0.147. The molecule has 3 amide bonds. The van der Waals surface area contributed by atoms with Crippen molar-refractivity contribution in [1.82, 2.24) is 10.2 Å². The van der Waals surface area contributed by atoms with Crippen molar-refractivity contribution in [1.29, 1.82) is 0 Å². The average molecular weight is 771 g/mol. The smallest absolute Gasteiger partial charge is 0.306 e. The first-order valence-electron chi connectivity index (χ1n) is 17.1. The molecule has 3 aliphatic heterocycles. The first-order valence-corrected chi connectivity index (χ1v) is 18.4. The minimum Gasteiger partial charge on any atom is -0.463 e. The molecular formula is C38H45BrClN3O7. The molecule has 0 aromatic heterocycles. The largest absolute Gasteiger partial charge is 0.463 e. The van der Waals surface area contributed by atoms with Gasteiger partial charge in [-0.15, -0.1) is 13.2 Å². The Morgan fingerprint density at radius 1 is 1.18 bits per heavy atom. The van der Waals surface area contributed by atoms with Crippen LogP contribution in [0.1, 0.15) is 51.1 Å². The van der Waals surface area contributed by atoms with Crippen LogP contribution in [0.2, 0.25) is 5.02 Å². The quantitative estimate of drug-likeness (QED) is 0.134. The molecular weight excluding hydrogens is 726 g/mol. The third-order valence-corrected chi connectivity index (χ3v) is 11.5. The van der Waals surface area contributed by atoms with Crippen molar-refractivity contribution in [3.63, 3.8) is 0 Å². The maximum Gasteiger partial charge on any atom is 0.306 e. The highest BCUT2D eigenvalue weighted by molar-refractivity contribution is 9.09. The Morgan fingerprint density at radius 3 is 2.52 bits per heavy atom. The van der Waals surface area contributed by atoms with E-state index in [1.54, 1.807) is 36.4 Å². The van der Waals surface area contributed by atoms with Crippen molar-refractivity contribution < 1.29 is 33.8 Å². The van der Waals surface area contributed by atoms with Gasteiger partial charge < -0.3 is 29.7 Å². The number of fused-ring (bicyclic) bond motifs is 1. The molecule has 3 heterocycles. The Bertz CT molecular complexity index is 1590. The van der Waals surface area contributed by atoms with Crippen molar-refractivity contribution in [2.75, 3.05) is 24.7 Å². The maximum absolute atomic E-state index is 15.0. The van der Waals surface area contributed by atoms with Crippen molar-refractivity contribution in [2.45, 2.75) is 74.2 Å². The summed E-state index contributed by atoms with van der Waals surface area (Å²) in [5.74, 6) is -3.91. The van der Waals surface area contributed by atoms with Gasteiger partial charge in [-0.3, -0.25) is 19.2 Å². The number of rotatable bonds is 16. The predicted molar refractivity (Wildman–Crippen MR) is 195 cm³/mol. The summed E-state index contributed by atoms with van der Waals surface area (Å²) in [5.41, 5.74) is -0.215. The monoisotopic (exact) mass is 769 g/mol. The van der Waals surface area contributed by atoms with E-state index < -0.39 is 65.4 Å². The van der Waals surface area contributed by atoms with Gasteiger partial charge in [0.15, 0.2) is 0 Å². The lowest BCUT2D eigenvalue weighted by atomic mass is 9.70. The second-order valence-electron chi connectivity index (χ2n) is 13.2. The molecule has 3 fully saturated rings. The highest BCUT2D eigenvalue weighted by Gasteiger charge is 2.77. The highest BCUT2D eigenvalue weighted by Crippen LogP contribution is 2.61. The molecule has 2 bridgehead atoms. The van der Waals surface area contributed by atoms with Crippen LogP contribution in [-0.2, 0) is 28.7 Å². The summed E-state index contributed by atoms with van der Waals surface area (Å²) in [5, 5.41) is 14.1. The zero-order valence-corrected chi connectivity index (χ0v) is 30.7. The number of likely N-dealkylation sites (tertiary alicyclic amines) is 1. The molecule has 0 radical (unpaired) electrons. The van der Waals surface area contributed by atoms with Gasteiger partial charge in [-0.1, -0.05) is 102 Å². The predicted octanol–water partition coefficient (Wildman–Crippen LogP) is 5.38. The summed E-state index contributed by atoms with van der Waals surface area (Å²) >= 11 is 10.3. The van der Waals surface area contributed by atoms with Gasteiger partial charge >= 0.3 is 5.97 Å². The summed E-state index contributed by atoms with van der Waals surface area (Å²) < 4.78 is 12.3. The number of allylic oxidation sites excluding steroid dienone is 1. The number of alkyl halides is 1. The van der Waals surface area contributed by atoms with Crippen LogP contribution < -0.4 is 10.2 Å². The van der Waals surface area contributed by atoms with Gasteiger partial charge in [0.25, 0.3) is 5.91 Å². The summed E-state index contributed by atoms with van der Waals surface area (Å²) in [6, 6.07) is 13.5. The number of amides is 3. The van der Waals surface area contributed by atoms with Gasteiger partial charge in [-0.2, -0.15) is 0 Å².